The molecule has 2 N–H and O–H groups in total. The summed E-state index contributed by atoms with van der Waals surface area (Å²) in [4.78, 5) is 13.7. The van der Waals surface area contributed by atoms with Crippen LogP contribution < -0.4 is 5.73 Å². The molecule has 2 nitrogen and oxygen atoms in total. The molecule has 0 saturated carbocycles. The Morgan fingerprint density at radius 1 is 1.58 bits per heavy atom. The fraction of sp³-hybridized carbons (Fsp3) is 0.444. The minimum Gasteiger partial charge on any atom is -0.330 e. The van der Waals surface area contributed by atoms with Gasteiger partial charge < -0.3 is 5.73 Å². The molecule has 0 amide bonds. The van der Waals surface area contributed by atoms with Crippen LogP contribution in [0, 0.1) is 13.8 Å². The zero-order valence-corrected chi connectivity index (χ0v) is 8.20. The van der Waals surface area contributed by atoms with Crippen LogP contribution in [0.15, 0.2) is 6.07 Å². The van der Waals surface area contributed by atoms with Crippen molar-refractivity contribution in [3.05, 3.63) is 21.4 Å². The normalized spacial score (nSPS) is 10.2. The monoisotopic (exact) mass is 183 g/mol. The third kappa shape index (κ3) is 1.93. The minimum atomic E-state index is 0.166. The van der Waals surface area contributed by atoms with Crippen molar-refractivity contribution in [2.24, 2.45) is 5.73 Å². The molecule has 0 fully saturated rings. The molecule has 1 rings (SSSR count). The number of ketones is 1. The number of hydrogen-bond donors (Lipinski definition) is 1. The van der Waals surface area contributed by atoms with Crippen LogP contribution in [0.3, 0.4) is 0 Å². The summed E-state index contributed by atoms with van der Waals surface area (Å²) in [5.74, 6) is 0.166. The lowest BCUT2D eigenvalue weighted by Gasteiger charge is -1.95. The van der Waals surface area contributed by atoms with Crippen LogP contribution >= 0.6 is 11.3 Å². The first-order valence-electron chi connectivity index (χ1n) is 3.95. The van der Waals surface area contributed by atoms with E-state index in [1.54, 1.807) is 11.3 Å². The molecule has 0 atom stereocenters. The summed E-state index contributed by atoms with van der Waals surface area (Å²) in [6.07, 6.45) is 0.455. The summed E-state index contributed by atoms with van der Waals surface area (Å²) < 4.78 is 0. The van der Waals surface area contributed by atoms with Crippen molar-refractivity contribution in [1.29, 1.82) is 0 Å². The van der Waals surface area contributed by atoms with E-state index in [2.05, 4.69) is 0 Å². The van der Waals surface area contributed by atoms with Gasteiger partial charge in [-0.25, -0.2) is 0 Å². The van der Waals surface area contributed by atoms with Crippen LogP contribution in [0.1, 0.15) is 26.5 Å². The van der Waals surface area contributed by atoms with Crippen LogP contribution in [0.4, 0.5) is 0 Å². The predicted octanol–water partition coefficient (Wildman–Crippen LogP) is 1.90. The Bertz CT molecular complexity index is 291. The summed E-state index contributed by atoms with van der Waals surface area (Å²) in [6, 6.07) is 1.94. The van der Waals surface area contributed by atoms with E-state index in [1.807, 2.05) is 19.9 Å². The molecule has 1 heterocycles. The molecule has 0 radical (unpaired) electrons. The SMILES string of the molecule is Cc1cc(C(=O)CCN)c(C)s1. The van der Waals surface area contributed by atoms with E-state index in [4.69, 9.17) is 5.73 Å². The number of nitrogens with two attached hydrogens (primary N) is 1. The first kappa shape index (κ1) is 9.42. The lowest BCUT2D eigenvalue weighted by atomic mass is 10.1. The third-order valence-corrected chi connectivity index (χ3v) is 2.68. The van der Waals surface area contributed by atoms with Gasteiger partial charge in [-0.05, 0) is 26.5 Å². The van der Waals surface area contributed by atoms with Gasteiger partial charge in [0.25, 0.3) is 0 Å². The van der Waals surface area contributed by atoms with E-state index in [-0.39, 0.29) is 5.78 Å². The van der Waals surface area contributed by atoms with E-state index in [0.29, 0.717) is 13.0 Å². The van der Waals surface area contributed by atoms with Crippen LogP contribution in [0.2, 0.25) is 0 Å². The van der Waals surface area contributed by atoms with E-state index in [0.717, 1.165) is 10.4 Å². The average molecular weight is 183 g/mol. The second-order valence-corrected chi connectivity index (χ2v) is 4.25. The summed E-state index contributed by atoms with van der Waals surface area (Å²) in [7, 11) is 0. The van der Waals surface area contributed by atoms with Crippen LogP contribution in [-0.2, 0) is 0 Å². The fourth-order valence-electron chi connectivity index (χ4n) is 1.17. The van der Waals surface area contributed by atoms with Gasteiger partial charge in [0.15, 0.2) is 5.78 Å². The van der Waals surface area contributed by atoms with Crippen molar-refractivity contribution in [3.8, 4) is 0 Å². The molecule has 12 heavy (non-hydrogen) atoms. The van der Waals surface area contributed by atoms with Gasteiger partial charge in [0.1, 0.15) is 0 Å². The number of aryl methyl sites for hydroxylation is 2. The molecule has 1 aromatic rings. The van der Waals surface area contributed by atoms with Gasteiger partial charge in [-0.1, -0.05) is 0 Å². The lowest BCUT2D eigenvalue weighted by Crippen LogP contribution is -2.07. The third-order valence-electron chi connectivity index (χ3n) is 1.71. The molecule has 0 unspecified atom stereocenters. The molecular weight excluding hydrogens is 170 g/mol. The van der Waals surface area contributed by atoms with Crippen molar-refractivity contribution >= 4 is 17.1 Å². The molecule has 0 aliphatic heterocycles. The van der Waals surface area contributed by atoms with Gasteiger partial charge >= 0.3 is 0 Å². The Balaban J connectivity index is 2.87. The standard InChI is InChI=1S/C9H13NOS/c1-6-5-8(7(2)12-6)9(11)3-4-10/h5H,3-4,10H2,1-2H3. The number of thiophene rings is 1. The van der Waals surface area contributed by atoms with Crippen LogP contribution in [0.25, 0.3) is 0 Å². The summed E-state index contributed by atoms with van der Waals surface area (Å²) >= 11 is 1.66. The molecule has 1 aromatic heterocycles. The molecule has 0 spiro atoms. The van der Waals surface area contributed by atoms with Crippen molar-refractivity contribution in [2.75, 3.05) is 6.54 Å². The van der Waals surface area contributed by atoms with E-state index >= 15 is 0 Å². The number of carbonyl (C=O) groups excluding carboxylic acids is 1. The largest absolute Gasteiger partial charge is 0.330 e. The van der Waals surface area contributed by atoms with Gasteiger partial charge in [-0.3, -0.25) is 4.79 Å². The topological polar surface area (TPSA) is 43.1 Å². The molecule has 66 valence electrons. The van der Waals surface area contributed by atoms with Gasteiger partial charge in [0.05, 0.1) is 0 Å². The van der Waals surface area contributed by atoms with Gasteiger partial charge in [0.2, 0.25) is 0 Å². The maximum atomic E-state index is 11.4. The molecule has 0 aliphatic rings. The highest BCUT2D eigenvalue weighted by molar-refractivity contribution is 7.12. The lowest BCUT2D eigenvalue weighted by molar-refractivity contribution is 0.0985. The fourth-order valence-corrected chi connectivity index (χ4v) is 2.12. The highest BCUT2D eigenvalue weighted by Crippen LogP contribution is 2.21. The zero-order chi connectivity index (χ0) is 9.14. The van der Waals surface area contributed by atoms with E-state index in [9.17, 15) is 4.79 Å². The summed E-state index contributed by atoms with van der Waals surface area (Å²) in [5.41, 5.74) is 6.16. The molecule has 3 heteroatoms. The van der Waals surface area contributed by atoms with Crippen LogP contribution in [-0.4, -0.2) is 12.3 Å². The molecule has 0 aliphatic carbocycles. The van der Waals surface area contributed by atoms with Crippen molar-refractivity contribution in [1.82, 2.24) is 0 Å². The second-order valence-electron chi connectivity index (χ2n) is 2.79. The highest BCUT2D eigenvalue weighted by Gasteiger charge is 2.10. The summed E-state index contributed by atoms with van der Waals surface area (Å²) in [6.45, 7) is 4.42. The van der Waals surface area contributed by atoms with Gasteiger partial charge in [0, 0.05) is 21.7 Å². The Hall–Kier alpha value is -0.670. The van der Waals surface area contributed by atoms with Crippen molar-refractivity contribution in [2.45, 2.75) is 20.3 Å². The molecule has 0 aromatic carbocycles. The zero-order valence-electron chi connectivity index (χ0n) is 7.39. The molecule has 0 saturated heterocycles. The summed E-state index contributed by atoms with van der Waals surface area (Å²) in [5, 5.41) is 0. The Morgan fingerprint density at radius 2 is 2.25 bits per heavy atom. The second kappa shape index (κ2) is 3.83. The minimum absolute atomic E-state index is 0.166. The number of carbonyl (C=O) groups is 1. The Morgan fingerprint density at radius 3 is 2.67 bits per heavy atom. The highest BCUT2D eigenvalue weighted by atomic mass is 32.1. The van der Waals surface area contributed by atoms with Crippen molar-refractivity contribution in [3.63, 3.8) is 0 Å². The number of rotatable bonds is 3. The first-order valence-corrected chi connectivity index (χ1v) is 4.77. The number of Topliss-reactive ketones (excluding diaryl/α,β-unsaturated/α-hetero) is 1. The van der Waals surface area contributed by atoms with Gasteiger partial charge in [-0.15, -0.1) is 11.3 Å². The Labute approximate surface area is 76.4 Å². The maximum absolute atomic E-state index is 11.4. The average Bonchev–Trinajstić information content (AvgIpc) is 2.30. The van der Waals surface area contributed by atoms with Gasteiger partial charge in [-0.2, -0.15) is 0 Å². The smallest absolute Gasteiger partial charge is 0.165 e. The number of hydrogen-bond acceptors (Lipinski definition) is 3. The van der Waals surface area contributed by atoms with E-state index in [1.165, 1.54) is 4.88 Å². The molecule has 0 bridgehead atoms. The van der Waals surface area contributed by atoms with Crippen molar-refractivity contribution < 1.29 is 4.79 Å². The van der Waals surface area contributed by atoms with E-state index < -0.39 is 0 Å². The Kier molecular flexibility index (Phi) is 3.00. The predicted molar refractivity (Wildman–Crippen MR) is 51.8 cm³/mol. The molecular formula is C9H13NOS. The van der Waals surface area contributed by atoms with Crippen LogP contribution in [0.5, 0.6) is 0 Å². The quantitative estimate of drug-likeness (QED) is 0.727. The first-order chi connectivity index (χ1) is 5.65. The maximum Gasteiger partial charge on any atom is 0.165 e.